The van der Waals surface area contributed by atoms with Crippen molar-refractivity contribution < 1.29 is 13.2 Å². The summed E-state index contributed by atoms with van der Waals surface area (Å²) in [4.78, 5) is 31.6. The molecule has 0 unspecified atom stereocenters. The summed E-state index contributed by atoms with van der Waals surface area (Å²) in [5, 5.41) is 2.93. The predicted molar refractivity (Wildman–Crippen MR) is 168 cm³/mol. The average Bonchev–Trinajstić information content (AvgIpc) is 3.80. The van der Waals surface area contributed by atoms with Gasteiger partial charge in [0, 0.05) is 22.5 Å². The zero-order valence-corrected chi connectivity index (χ0v) is 23.8. The van der Waals surface area contributed by atoms with Crippen LogP contribution >= 0.6 is 0 Å². The molecule has 1 aliphatic rings. The number of anilines is 2. The minimum absolute atomic E-state index is 0.318. The maximum atomic E-state index is 13.3. The molecule has 212 valence electrons. The molecular formula is C33H26N6O3S. The minimum atomic E-state index is -3.84. The predicted octanol–water partition coefficient (Wildman–Crippen LogP) is 6.07. The first kappa shape index (κ1) is 26.7. The fourth-order valence-corrected chi connectivity index (χ4v) is 6.83. The molecule has 0 saturated heterocycles. The zero-order chi connectivity index (χ0) is 29.4. The Morgan fingerprint density at radius 2 is 1.19 bits per heavy atom. The lowest BCUT2D eigenvalue weighted by Crippen LogP contribution is -2.33. The summed E-state index contributed by atoms with van der Waals surface area (Å²) in [7, 11) is -3.84. The van der Waals surface area contributed by atoms with E-state index in [1.807, 2.05) is 72.8 Å². The van der Waals surface area contributed by atoms with E-state index in [1.165, 1.54) is 0 Å². The number of nitrogens with one attached hydrogen (secondary N) is 2. The first-order valence-electron chi connectivity index (χ1n) is 13.8. The molecule has 1 amide bonds. The van der Waals surface area contributed by atoms with Crippen LogP contribution in [0.3, 0.4) is 0 Å². The normalized spacial score (nSPS) is 14.0. The van der Waals surface area contributed by atoms with E-state index in [0.29, 0.717) is 35.6 Å². The topological polar surface area (TPSA) is 127 Å². The summed E-state index contributed by atoms with van der Waals surface area (Å²) in [5.41, 5.74) is 5.93. The summed E-state index contributed by atoms with van der Waals surface area (Å²) in [6, 6.07) is 29.5. The van der Waals surface area contributed by atoms with Gasteiger partial charge < -0.3 is 5.32 Å². The number of hydrogen-bond acceptors (Lipinski definition) is 7. The van der Waals surface area contributed by atoms with Crippen LogP contribution in [0.1, 0.15) is 12.8 Å². The van der Waals surface area contributed by atoms with Crippen molar-refractivity contribution in [1.82, 2.24) is 19.9 Å². The molecule has 2 heterocycles. The monoisotopic (exact) mass is 586 g/mol. The van der Waals surface area contributed by atoms with Crippen molar-refractivity contribution in [2.24, 2.45) is 5.41 Å². The van der Waals surface area contributed by atoms with E-state index in [2.05, 4.69) is 30.0 Å². The molecule has 6 aromatic rings. The van der Waals surface area contributed by atoms with Crippen molar-refractivity contribution in [3.63, 3.8) is 0 Å². The van der Waals surface area contributed by atoms with Crippen LogP contribution in [0.2, 0.25) is 0 Å². The van der Waals surface area contributed by atoms with Gasteiger partial charge in [0.15, 0.2) is 0 Å². The summed E-state index contributed by atoms with van der Waals surface area (Å²) < 4.78 is 29.1. The first-order valence-corrected chi connectivity index (χ1v) is 15.5. The highest BCUT2D eigenvalue weighted by atomic mass is 32.2. The number of nitrogens with zero attached hydrogens (tertiary/aromatic N) is 4. The molecule has 4 aromatic carbocycles. The van der Waals surface area contributed by atoms with Gasteiger partial charge >= 0.3 is 0 Å². The molecule has 0 spiro atoms. The Balaban J connectivity index is 1.05. The number of fused-ring (bicyclic) bond motifs is 2. The summed E-state index contributed by atoms with van der Waals surface area (Å²) in [6.07, 6.45) is 4.34. The maximum absolute atomic E-state index is 13.3. The second-order valence-electron chi connectivity index (χ2n) is 10.7. The molecule has 10 heteroatoms. The number of carbonyl (C=O) groups excluding carboxylic acids is 1. The Hall–Kier alpha value is -5.22. The highest BCUT2D eigenvalue weighted by Crippen LogP contribution is 2.48. The quantitative estimate of drug-likeness (QED) is 0.222. The highest BCUT2D eigenvalue weighted by molar-refractivity contribution is 7.92. The highest BCUT2D eigenvalue weighted by Gasteiger charge is 2.52. The number of hydrogen-bond donors (Lipinski definition) is 2. The molecule has 2 aromatic heterocycles. The average molecular weight is 587 g/mol. The van der Waals surface area contributed by atoms with Crippen molar-refractivity contribution in [1.29, 1.82) is 0 Å². The number of amides is 1. The van der Waals surface area contributed by atoms with Crippen LogP contribution in [-0.2, 0) is 14.8 Å². The Bertz CT molecular complexity index is 2130. The molecule has 0 bridgehead atoms. The molecule has 0 aliphatic heterocycles. The second-order valence-corrected chi connectivity index (χ2v) is 12.5. The van der Waals surface area contributed by atoms with Crippen LogP contribution in [0.5, 0.6) is 0 Å². The van der Waals surface area contributed by atoms with Gasteiger partial charge in [-0.2, -0.15) is 0 Å². The largest absolute Gasteiger partial charge is 0.326 e. The SMILES string of the molecule is O=C(Nc1cccc(-c2cnc3ccccc3n2)c1)C1(CS(=O)(=O)Nc2cccc(-c3cnc4ccccc4n3)c2)CC1. The molecule has 1 saturated carbocycles. The number of rotatable bonds is 8. The van der Waals surface area contributed by atoms with Crippen LogP contribution in [0, 0.1) is 5.41 Å². The fraction of sp³-hybridized carbons (Fsp3) is 0.121. The van der Waals surface area contributed by atoms with Crippen molar-refractivity contribution in [2.45, 2.75) is 12.8 Å². The first-order chi connectivity index (χ1) is 20.9. The Labute approximate surface area is 248 Å². The van der Waals surface area contributed by atoms with Crippen molar-refractivity contribution >= 4 is 49.4 Å². The van der Waals surface area contributed by atoms with Gasteiger partial charge in [0.2, 0.25) is 15.9 Å². The lowest BCUT2D eigenvalue weighted by molar-refractivity contribution is -0.120. The van der Waals surface area contributed by atoms with E-state index in [1.54, 1.807) is 36.7 Å². The Kier molecular flexibility index (Phi) is 6.55. The van der Waals surface area contributed by atoms with Crippen molar-refractivity contribution in [3.8, 4) is 22.5 Å². The Morgan fingerprint density at radius 3 is 1.74 bits per heavy atom. The number of sulfonamides is 1. The summed E-state index contributed by atoms with van der Waals surface area (Å²) in [6.45, 7) is 0. The lowest BCUT2D eigenvalue weighted by atomic mass is 10.1. The van der Waals surface area contributed by atoms with Crippen molar-refractivity contribution in [2.75, 3.05) is 15.8 Å². The van der Waals surface area contributed by atoms with E-state index in [9.17, 15) is 13.2 Å². The van der Waals surface area contributed by atoms with Gasteiger partial charge in [0.25, 0.3) is 0 Å². The van der Waals surface area contributed by atoms with E-state index in [4.69, 9.17) is 0 Å². The van der Waals surface area contributed by atoms with Gasteiger partial charge in [-0.05, 0) is 61.4 Å². The molecule has 1 fully saturated rings. The van der Waals surface area contributed by atoms with E-state index in [0.717, 1.165) is 33.2 Å². The van der Waals surface area contributed by atoms with Crippen LogP contribution < -0.4 is 10.0 Å². The van der Waals surface area contributed by atoms with E-state index < -0.39 is 15.4 Å². The van der Waals surface area contributed by atoms with Gasteiger partial charge in [-0.1, -0.05) is 48.5 Å². The van der Waals surface area contributed by atoms with Gasteiger partial charge in [-0.25, -0.2) is 18.4 Å². The fourth-order valence-electron chi connectivity index (χ4n) is 5.12. The maximum Gasteiger partial charge on any atom is 0.233 e. The van der Waals surface area contributed by atoms with Gasteiger partial charge in [-0.3, -0.25) is 19.5 Å². The number of benzene rings is 4. The molecule has 2 N–H and O–H groups in total. The third-order valence-electron chi connectivity index (χ3n) is 7.55. The van der Waals surface area contributed by atoms with E-state index in [-0.39, 0.29) is 11.7 Å². The molecule has 1 aliphatic carbocycles. The molecule has 43 heavy (non-hydrogen) atoms. The lowest BCUT2D eigenvalue weighted by Gasteiger charge is -2.17. The second kappa shape index (κ2) is 10.6. The molecule has 7 rings (SSSR count). The number of para-hydroxylation sites is 4. The standard InChI is InChI=1S/C33H26N6O3S/c40-32(36-24-9-5-7-22(17-24)30-19-34-26-11-1-3-13-28(26)37-30)33(15-16-33)21-43(41,42)39-25-10-6-8-23(18-25)31-20-35-27-12-2-4-14-29(27)38-31/h1-14,17-20,39H,15-16,21H2,(H,36,40). The summed E-state index contributed by atoms with van der Waals surface area (Å²) in [5.74, 6) is -0.637. The molecule has 9 nitrogen and oxygen atoms in total. The van der Waals surface area contributed by atoms with Gasteiger partial charge in [0.05, 0.1) is 57.0 Å². The minimum Gasteiger partial charge on any atom is -0.326 e. The van der Waals surface area contributed by atoms with Gasteiger partial charge in [0.1, 0.15) is 0 Å². The zero-order valence-electron chi connectivity index (χ0n) is 22.9. The Morgan fingerprint density at radius 1 is 0.674 bits per heavy atom. The number of carbonyl (C=O) groups is 1. The van der Waals surface area contributed by atoms with Crippen LogP contribution in [0.15, 0.2) is 109 Å². The smallest absolute Gasteiger partial charge is 0.233 e. The third kappa shape index (κ3) is 5.64. The van der Waals surface area contributed by atoms with Crippen molar-refractivity contribution in [3.05, 3.63) is 109 Å². The number of aromatic nitrogens is 4. The van der Waals surface area contributed by atoms with E-state index >= 15 is 0 Å². The molecular weight excluding hydrogens is 560 g/mol. The molecule has 0 atom stereocenters. The van der Waals surface area contributed by atoms with Gasteiger partial charge in [-0.15, -0.1) is 0 Å². The van der Waals surface area contributed by atoms with Crippen LogP contribution in [0.4, 0.5) is 11.4 Å². The summed E-state index contributed by atoms with van der Waals surface area (Å²) >= 11 is 0. The van der Waals surface area contributed by atoms with Crippen LogP contribution in [0.25, 0.3) is 44.6 Å². The molecule has 0 radical (unpaired) electrons. The third-order valence-corrected chi connectivity index (χ3v) is 9.03. The van der Waals surface area contributed by atoms with Crippen LogP contribution in [-0.4, -0.2) is 40.0 Å².